The molecule has 1 unspecified atom stereocenters. The lowest BCUT2D eigenvalue weighted by Crippen LogP contribution is -2.27. The Kier molecular flexibility index (Phi) is 6.04. The van der Waals surface area contributed by atoms with E-state index in [0.29, 0.717) is 16.1 Å². The molecule has 94 valence electrons. The molecule has 0 saturated heterocycles. The quantitative estimate of drug-likeness (QED) is 0.753. The van der Waals surface area contributed by atoms with Crippen LogP contribution in [0.3, 0.4) is 0 Å². The second-order valence-corrected chi connectivity index (χ2v) is 5.25. The molecular formula is C14H19Cl2N. The van der Waals surface area contributed by atoms with Crippen molar-refractivity contribution >= 4 is 23.2 Å². The number of hydrogen-bond acceptors (Lipinski definition) is 1. The monoisotopic (exact) mass is 271 g/mol. The van der Waals surface area contributed by atoms with Crippen LogP contribution in [0, 0.1) is 0 Å². The van der Waals surface area contributed by atoms with E-state index in [-0.39, 0.29) is 0 Å². The van der Waals surface area contributed by atoms with Crippen molar-refractivity contribution in [3.8, 4) is 0 Å². The normalized spacial score (nSPS) is 12.5. The van der Waals surface area contributed by atoms with Crippen LogP contribution in [-0.2, 0) is 6.42 Å². The highest BCUT2D eigenvalue weighted by atomic mass is 35.5. The zero-order chi connectivity index (χ0) is 12.8. The van der Waals surface area contributed by atoms with Crippen LogP contribution in [0.25, 0.3) is 0 Å². The Morgan fingerprint density at radius 3 is 2.59 bits per heavy atom. The first-order valence-corrected chi connectivity index (χ1v) is 6.54. The van der Waals surface area contributed by atoms with Crippen LogP contribution in [0.15, 0.2) is 30.4 Å². The van der Waals surface area contributed by atoms with Crippen LogP contribution in [0.2, 0.25) is 10.0 Å². The molecule has 0 bridgehead atoms. The van der Waals surface area contributed by atoms with E-state index in [1.165, 1.54) is 11.1 Å². The highest BCUT2D eigenvalue weighted by Crippen LogP contribution is 2.23. The smallest absolute Gasteiger partial charge is 0.0595 e. The topological polar surface area (TPSA) is 12.0 Å². The molecule has 0 saturated carbocycles. The van der Waals surface area contributed by atoms with Crippen molar-refractivity contribution in [2.45, 2.75) is 32.2 Å². The van der Waals surface area contributed by atoms with Gasteiger partial charge in [0.05, 0.1) is 10.0 Å². The molecule has 1 aromatic carbocycles. The van der Waals surface area contributed by atoms with Crippen molar-refractivity contribution in [2.24, 2.45) is 0 Å². The van der Waals surface area contributed by atoms with Crippen molar-refractivity contribution in [3.63, 3.8) is 0 Å². The van der Waals surface area contributed by atoms with E-state index in [1.54, 1.807) is 0 Å². The molecule has 0 aliphatic heterocycles. The van der Waals surface area contributed by atoms with Gasteiger partial charge in [0.2, 0.25) is 0 Å². The molecule has 3 heteroatoms. The summed E-state index contributed by atoms with van der Waals surface area (Å²) in [4.78, 5) is 0. The first-order chi connectivity index (χ1) is 8.02. The van der Waals surface area contributed by atoms with Gasteiger partial charge < -0.3 is 5.32 Å². The first-order valence-electron chi connectivity index (χ1n) is 5.78. The molecule has 0 heterocycles. The van der Waals surface area contributed by atoms with Gasteiger partial charge in [-0.05, 0) is 50.9 Å². The first kappa shape index (κ1) is 14.6. The number of halogens is 2. The van der Waals surface area contributed by atoms with Crippen LogP contribution >= 0.6 is 23.2 Å². The third-order valence-electron chi connectivity index (χ3n) is 2.79. The fraction of sp³-hybridized carbons (Fsp3) is 0.429. The summed E-state index contributed by atoms with van der Waals surface area (Å²) in [7, 11) is 1.99. The Bertz CT molecular complexity index is 388. The predicted molar refractivity (Wildman–Crippen MR) is 77.1 cm³/mol. The molecule has 0 amide bonds. The molecule has 0 aliphatic rings. The van der Waals surface area contributed by atoms with Crippen LogP contribution in [-0.4, -0.2) is 13.1 Å². The summed E-state index contributed by atoms with van der Waals surface area (Å²) < 4.78 is 0. The van der Waals surface area contributed by atoms with Gasteiger partial charge in [0.1, 0.15) is 0 Å². The molecule has 1 nitrogen and oxygen atoms in total. The number of benzene rings is 1. The number of nitrogens with one attached hydrogen (secondary N) is 1. The zero-order valence-corrected chi connectivity index (χ0v) is 11.9. The lowest BCUT2D eigenvalue weighted by molar-refractivity contribution is 0.519. The van der Waals surface area contributed by atoms with E-state index >= 15 is 0 Å². The Morgan fingerprint density at radius 1 is 1.35 bits per heavy atom. The van der Waals surface area contributed by atoms with E-state index < -0.39 is 0 Å². The SMILES string of the molecule is C=C(C)CCC(Cc1ccc(Cl)c(Cl)c1)NC. The second kappa shape index (κ2) is 7.05. The van der Waals surface area contributed by atoms with Gasteiger partial charge >= 0.3 is 0 Å². The maximum absolute atomic E-state index is 6.00. The summed E-state index contributed by atoms with van der Waals surface area (Å²) in [6, 6.07) is 6.27. The zero-order valence-electron chi connectivity index (χ0n) is 10.4. The minimum Gasteiger partial charge on any atom is -0.317 e. The predicted octanol–water partition coefficient (Wildman–Crippen LogP) is 4.48. The summed E-state index contributed by atoms with van der Waals surface area (Å²) in [6.07, 6.45) is 3.10. The Balaban J connectivity index is 2.60. The third kappa shape index (κ3) is 5.12. The van der Waals surface area contributed by atoms with E-state index in [4.69, 9.17) is 23.2 Å². The van der Waals surface area contributed by atoms with Gasteiger partial charge in [-0.25, -0.2) is 0 Å². The fourth-order valence-corrected chi connectivity index (χ4v) is 2.04. The van der Waals surface area contributed by atoms with Gasteiger partial charge in [-0.3, -0.25) is 0 Å². The fourth-order valence-electron chi connectivity index (χ4n) is 1.72. The highest BCUT2D eigenvalue weighted by molar-refractivity contribution is 6.42. The van der Waals surface area contributed by atoms with E-state index in [2.05, 4.69) is 18.8 Å². The summed E-state index contributed by atoms with van der Waals surface area (Å²) in [5.41, 5.74) is 2.43. The summed E-state index contributed by atoms with van der Waals surface area (Å²) in [6.45, 7) is 5.99. The molecule has 1 atom stereocenters. The molecule has 17 heavy (non-hydrogen) atoms. The second-order valence-electron chi connectivity index (χ2n) is 4.43. The molecule has 1 N–H and O–H groups in total. The average Bonchev–Trinajstić information content (AvgIpc) is 2.28. The standard InChI is InChI=1S/C14H19Cl2N/c1-10(2)4-6-12(17-3)8-11-5-7-13(15)14(16)9-11/h5,7,9,12,17H,1,4,6,8H2,2-3H3. The molecule has 0 aliphatic carbocycles. The van der Waals surface area contributed by atoms with Gasteiger partial charge in [0.25, 0.3) is 0 Å². The van der Waals surface area contributed by atoms with Gasteiger partial charge in [0.15, 0.2) is 0 Å². The van der Waals surface area contributed by atoms with Crippen LogP contribution in [0.5, 0.6) is 0 Å². The maximum Gasteiger partial charge on any atom is 0.0595 e. The average molecular weight is 272 g/mol. The van der Waals surface area contributed by atoms with Crippen LogP contribution < -0.4 is 5.32 Å². The van der Waals surface area contributed by atoms with Crippen LogP contribution in [0.4, 0.5) is 0 Å². The van der Waals surface area contributed by atoms with E-state index in [0.717, 1.165) is 19.3 Å². The summed E-state index contributed by atoms with van der Waals surface area (Å²) in [5, 5.41) is 4.56. The lowest BCUT2D eigenvalue weighted by atomic mass is 10.0. The van der Waals surface area contributed by atoms with Crippen molar-refractivity contribution in [2.75, 3.05) is 7.05 Å². The number of hydrogen-bond donors (Lipinski definition) is 1. The van der Waals surface area contributed by atoms with Gasteiger partial charge in [-0.1, -0.05) is 34.8 Å². The minimum atomic E-state index is 0.448. The molecular weight excluding hydrogens is 253 g/mol. The molecule has 0 radical (unpaired) electrons. The molecule has 0 aromatic heterocycles. The van der Waals surface area contributed by atoms with Crippen molar-refractivity contribution in [1.82, 2.24) is 5.32 Å². The molecule has 1 rings (SSSR count). The van der Waals surface area contributed by atoms with Crippen LogP contribution in [0.1, 0.15) is 25.3 Å². The molecule has 0 spiro atoms. The lowest BCUT2D eigenvalue weighted by Gasteiger charge is -2.16. The van der Waals surface area contributed by atoms with Crippen molar-refractivity contribution < 1.29 is 0 Å². The maximum atomic E-state index is 6.00. The molecule has 1 aromatic rings. The molecule has 0 fully saturated rings. The summed E-state index contributed by atoms with van der Waals surface area (Å²) >= 11 is 11.9. The summed E-state index contributed by atoms with van der Waals surface area (Å²) in [5.74, 6) is 0. The largest absolute Gasteiger partial charge is 0.317 e. The van der Waals surface area contributed by atoms with E-state index in [1.807, 2.05) is 25.2 Å². The number of likely N-dealkylation sites (N-methyl/N-ethyl adjacent to an activating group) is 1. The van der Waals surface area contributed by atoms with Gasteiger partial charge in [-0.15, -0.1) is 6.58 Å². The minimum absolute atomic E-state index is 0.448. The number of rotatable bonds is 6. The Labute approximate surface area is 114 Å². The third-order valence-corrected chi connectivity index (χ3v) is 3.53. The Hall–Kier alpha value is -0.500. The van der Waals surface area contributed by atoms with Crippen molar-refractivity contribution in [1.29, 1.82) is 0 Å². The van der Waals surface area contributed by atoms with E-state index in [9.17, 15) is 0 Å². The highest BCUT2D eigenvalue weighted by Gasteiger charge is 2.08. The van der Waals surface area contributed by atoms with Crippen molar-refractivity contribution in [3.05, 3.63) is 46.0 Å². The van der Waals surface area contributed by atoms with Gasteiger partial charge in [-0.2, -0.15) is 0 Å². The number of allylic oxidation sites excluding steroid dienone is 1. The van der Waals surface area contributed by atoms with Gasteiger partial charge in [0, 0.05) is 6.04 Å². The Morgan fingerprint density at radius 2 is 2.06 bits per heavy atom.